The lowest BCUT2D eigenvalue weighted by atomic mass is 9.89. The molecule has 0 spiro atoms. The summed E-state index contributed by atoms with van der Waals surface area (Å²) < 4.78 is 0. The first-order chi connectivity index (χ1) is 20.3. The molecule has 0 aromatic rings. The molecular formula is C32H53N5O6. The Hall–Kier alpha value is -2.98. The molecule has 0 aromatic carbocycles. The third-order valence-electron chi connectivity index (χ3n) is 9.25. The van der Waals surface area contributed by atoms with E-state index in [1.807, 2.05) is 6.92 Å². The molecule has 1 heterocycles. The number of Topliss-reactive ketones (excluding diaryl/α,β-unsaturated/α-hetero) is 1. The van der Waals surface area contributed by atoms with Crippen molar-refractivity contribution < 1.29 is 28.8 Å². The Morgan fingerprint density at radius 2 is 1.56 bits per heavy atom. The summed E-state index contributed by atoms with van der Waals surface area (Å²) in [5.41, 5.74) is -0.687. The minimum Gasteiger partial charge on any atom is -0.356 e. The number of piperidine rings is 1. The van der Waals surface area contributed by atoms with E-state index in [0.29, 0.717) is 25.8 Å². The molecule has 1 aliphatic heterocycles. The smallest absolute Gasteiger partial charge is 0.289 e. The predicted octanol–water partition coefficient (Wildman–Crippen LogP) is 2.36. The Kier molecular flexibility index (Phi) is 12.6. The summed E-state index contributed by atoms with van der Waals surface area (Å²) in [6, 6.07) is -2.94. The first kappa shape index (κ1) is 34.5. The van der Waals surface area contributed by atoms with E-state index in [9.17, 15) is 28.8 Å². The molecule has 0 aromatic heterocycles. The number of carbonyl (C=O) groups excluding carboxylic acids is 6. The summed E-state index contributed by atoms with van der Waals surface area (Å²) in [6.07, 6.45) is 9.40. The molecule has 11 heteroatoms. The van der Waals surface area contributed by atoms with Crippen molar-refractivity contribution in [2.45, 2.75) is 135 Å². The molecule has 0 bridgehead atoms. The maximum atomic E-state index is 13.9. The van der Waals surface area contributed by atoms with Crippen molar-refractivity contribution in [3.63, 3.8) is 0 Å². The van der Waals surface area contributed by atoms with E-state index in [-0.39, 0.29) is 36.1 Å². The highest BCUT2D eigenvalue weighted by Gasteiger charge is 2.40. The number of amides is 5. The minimum atomic E-state index is -1.20. The van der Waals surface area contributed by atoms with Crippen molar-refractivity contribution in [2.75, 3.05) is 13.6 Å². The molecular weight excluding hydrogens is 550 g/mol. The van der Waals surface area contributed by atoms with Crippen LogP contribution in [0.15, 0.2) is 0 Å². The van der Waals surface area contributed by atoms with Gasteiger partial charge in [0.1, 0.15) is 12.1 Å². The van der Waals surface area contributed by atoms with E-state index < -0.39 is 47.1 Å². The topological polar surface area (TPSA) is 154 Å². The Bertz CT molecular complexity index is 1030. The molecule has 4 N–H and O–H groups in total. The van der Waals surface area contributed by atoms with Crippen LogP contribution < -0.4 is 21.3 Å². The summed E-state index contributed by atoms with van der Waals surface area (Å²) in [6.45, 7) is 7.84. The van der Waals surface area contributed by atoms with Crippen LogP contribution in [0.5, 0.6) is 0 Å². The quantitative estimate of drug-likeness (QED) is 0.237. The zero-order valence-corrected chi connectivity index (χ0v) is 26.8. The fraction of sp³-hybridized carbons (Fsp3) is 0.812. The van der Waals surface area contributed by atoms with Crippen LogP contribution in [0.25, 0.3) is 0 Å². The van der Waals surface area contributed by atoms with Gasteiger partial charge < -0.3 is 26.2 Å². The number of rotatable bonds is 13. The number of likely N-dealkylation sites (N-methyl/N-ethyl adjacent to an activating group) is 1. The number of hydrogen-bond donors (Lipinski definition) is 4. The lowest BCUT2D eigenvalue weighted by Crippen LogP contribution is -2.59. The molecule has 2 aliphatic carbocycles. The number of carbonyl (C=O) groups is 6. The van der Waals surface area contributed by atoms with Gasteiger partial charge in [0, 0.05) is 31.0 Å². The van der Waals surface area contributed by atoms with Gasteiger partial charge in [-0.05, 0) is 57.3 Å². The van der Waals surface area contributed by atoms with Gasteiger partial charge in [0.05, 0.1) is 6.04 Å². The molecule has 3 fully saturated rings. The van der Waals surface area contributed by atoms with Crippen molar-refractivity contribution >= 4 is 35.3 Å². The van der Waals surface area contributed by atoms with Crippen molar-refractivity contribution in [3.05, 3.63) is 0 Å². The maximum Gasteiger partial charge on any atom is 0.289 e. The Labute approximate surface area is 256 Å². The second-order valence-electron chi connectivity index (χ2n) is 13.7. The second kappa shape index (κ2) is 15.7. The van der Waals surface area contributed by atoms with E-state index in [2.05, 4.69) is 21.3 Å². The fourth-order valence-corrected chi connectivity index (χ4v) is 6.51. The fourth-order valence-electron chi connectivity index (χ4n) is 6.51. The SMILES string of the molecule is CCC[C@@H](C(=O)N[C@@H](C[C@@H]1CCCNC1=O)C(=O)C(=O)NC1CCCC1)N(C)C(=O)[C@H](NC(=O)C(C)(C)C)C1CCCC1. The van der Waals surface area contributed by atoms with Gasteiger partial charge in [-0.15, -0.1) is 0 Å². The van der Waals surface area contributed by atoms with Crippen molar-refractivity contribution in [2.24, 2.45) is 17.3 Å². The third-order valence-corrected chi connectivity index (χ3v) is 9.25. The standard InChI is InChI=1S/C32H53N5O6/c1-6-12-24(37(5)30(42)25(20-13-7-8-14-20)36-31(43)32(2,3)4)28(40)35-23(19-21-15-11-18-33-27(21)39)26(38)29(41)34-22-16-9-10-17-22/h20-25H,6-19H2,1-5H3,(H,33,39)(H,34,41)(H,35,40)(H,36,43)/t21-,23-,24-,25+/m0/s1. The van der Waals surface area contributed by atoms with E-state index >= 15 is 0 Å². The molecule has 43 heavy (non-hydrogen) atoms. The zero-order chi connectivity index (χ0) is 31.7. The first-order valence-corrected chi connectivity index (χ1v) is 16.3. The van der Waals surface area contributed by atoms with Crippen LogP contribution in [0, 0.1) is 17.3 Å². The van der Waals surface area contributed by atoms with E-state index in [1.54, 1.807) is 27.8 Å². The summed E-state index contributed by atoms with van der Waals surface area (Å²) in [5, 5.41) is 11.4. The van der Waals surface area contributed by atoms with E-state index in [4.69, 9.17) is 0 Å². The third kappa shape index (κ3) is 9.50. The molecule has 2 saturated carbocycles. The normalized spacial score (nSPS) is 21.8. The summed E-state index contributed by atoms with van der Waals surface area (Å²) in [5.74, 6) is -3.37. The Balaban J connectivity index is 1.80. The van der Waals surface area contributed by atoms with Crippen molar-refractivity contribution in [1.82, 2.24) is 26.2 Å². The highest BCUT2D eigenvalue weighted by atomic mass is 16.2. The first-order valence-electron chi connectivity index (χ1n) is 16.3. The lowest BCUT2D eigenvalue weighted by Gasteiger charge is -2.35. The summed E-state index contributed by atoms with van der Waals surface area (Å²) >= 11 is 0. The molecule has 242 valence electrons. The van der Waals surface area contributed by atoms with Gasteiger partial charge in [-0.25, -0.2) is 0 Å². The van der Waals surface area contributed by atoms with Gasteiger partial charge in [0.25, 0.3) is 5.91 Å². The van der Waals surface area contributed by atoms with Crippen LogP contribution in [0.2, 0.25) is 0 Å². The second-order valence-corrected chi connectivity index (χ2v) is 13.7. The average molecular weight is 604 g/mol. The number of nitrogens with one attached hydrogen (secondary N) is 4. The van der Waals surface area contributed by atoms with Gasteiger partial charge in [0.2, 0.25) is 29.4 Å². The van der Waals surface area contributed by atoms with Crippen LogP contribution in [0.3, 0.4) is 0 Å². The number of nitrogens with zero attached hydrogens (tertiary/aromatic N) is 1. The van der Waals surface area contributed by atoms with Crippen molar-refractivity contribution in [3.8, 4) is 0 Å². The van der Waals surface area contributed by atoms with Crippen LogP contribution in [0.4, 0.5) is 0 Å². The largest absolute Gasteiger partial charge is 0.356 e. The molecule has 3 rings (SSSR count). The molecule has 1 saturated heterocycles. The van der Waals surface area contributed by atoms with Gasteiger partial charge in [0.15, 0.2) is 0 Å². The average Bonchev–Trinajstić information content (AvgIpc) is 3.68. The zero-order valence-electron chi connectivity index (χ0n) is 26.8. The predicted molar refractivity (Wildman–Crippen MR) is 162 cm³/mol. The highest BCUT2D eigenvalue weighted by molar-refractivity contribution is 6.38. The monoisotopic (exact) mass is 603 g/mol. The van der Waals surface area contributed by atoms with Crippen molar-refractivity contribution in [1.29, 1.82) is 0 Å². The summed E-state index contributed by atoms with van der Waals surface area (Å²) in [7, 11) is 1.56. The Morgan fingerprint density at radius 3 is 2.14 bits per heavy atom. The van der Waals surface area contributed by atoms with E-state index in [0.717, 1.165) is 57.8 Å². The minimum absolute atomic E-state index is 0.0112. The van der Waals surface area contributed by atoms with Gasteiger partial charge >= 0.3 is 0 Å². The molecule has 11 nitrogen and oxygen atoms in total. The van der Waals surface area contributed by atoms with Gasteiger partial charge in [-0.3, -0.25) is 28.8 Å². The lowest BCUT2D eigenvalue weighted by molar-refractivity contribution is -0.146. The number of hydrogen-bond acceptors (Lipinski definition) is 6. The maximum absolute atomic E-state index is 13.9. The number of ketones is 1. The van der Waals surface area contributed by atoms with Gasteiger partial charge in [-0.2, -0.15) is 0 Å². The van der Waals surface area contributed by atoms with Crippen LogP contribution in [-0.2, 0) is 28.8 Å². The van der Waals surface area contributed by atoms with Crippen LogP contribution in [0.1, 0.15) is 111 Å². The molecule has 3 aliphatic rings. The van der Waals surface area contributed by atoms with Crippen LogP contribution in [-0.4, -0.2) is 78.0 Å². The Morgan fingerprint density at radius 1 is 0.930 bits per heavy atom. The molecule has 4 atom stereocenters. The highest BCUT2D eigenvalue weighted by Crippen LogP contribution is 2.30. The molecule has 0 radical (unpaired) electrons. The molecule has 5 amide bonds. The van der Waals surface area contributed by atoms with Gasteiger partial charge in [-0.1, -0.05) is 59.8 Å². The molecule has 0 unspecified atom stereocenters. The van der Waals surface area contributed by atoms with Crippen LogP contribution >= 0.6 is 0 Å². The summed E-state index contributed by atoms with van der Waals surface area (Å²) in [4.78, 5) is 81.1. The van der Waals surface area contributed by atoms with E-state index in [1.165, 1.54) is 4.90 Å².